The first-order valence-electron chi connectivity index (χ1n) is 7.71. The summed E-state index contributed by atoms with van der Waals surface area (Å²) in [4.78, 5) is 7.08. The first-order valence-corrected chi connectivity index (χ1v) is 10.2. The molecule has 23 heavy (non-hydrogen) atoms. The predicted molar refractivity (Wildman–Crippen MR) is 103 cm³/mol. The van der Waals surface area contributed by atoms with Crippen molar-refractivity contribution in [3.8, 4) is 6.07 Å². The molecule has 3 rings (SSSR count). The summed E-state index contributed by atoms with van der Waals surface area (Å²) in [6.45, 7) is 6.94. The Morgan fingerprint density at radius 3 is 2.83 bits per heavy atom. The fourth-order valence-corrected chi connectivity index (χ4v) is 5.56. The summed E-state index contributed by atoms with van der Waals surface area (Å²) in [7, 11) is 0. The van der Waals surface area contributed by atoms with Gasteiger partial charge in [-0.15, -0.1) is 22.7 Å². The molecule has 0 saturated carbocycles. The molecule has 0 fully saturated rings. The number of hydrogen-bond donors (Lipinski definition) is 0. The van der Waals surface area contributed by atoms with E-state index in [1.54, 1.807) is 22.7 Å². The lowest BCUT2D eigenvalue weighted by atomic mass is 9.72. The average molecular weight is 407 g/mol. The summed E-state index contributed by atoms with van der Waals surface area (Å²) in [6.07, 6.45) is 5.13. The molecule has 1 atom stereocenters. The second-order valence-electron chi connectivity index (χ2n) is 7.03. The van der Waals surface area contributed by atoms with Gasteiger partial charge in [-0.05, 0) is 58.2 Å². The van der Waals surface area contributed by atoms with Gasteiger partial charge in [0, 0.05) is 25.8 Å². The van der Waals surface area contributed by atoms with E-state index in [2.05, 4.69) is 47.8 Å². The monoisotopic (exact) mass is 406 g/mol. The third kappa shape index (κ3) is 3.60. The van der Waals surface area contributed by atoms with Crippen LogP contribution in [-0.2, 0) is 12.8 Å². The van der Waals surface area contributed by atoms with Crippen LogP contribution in [0.3, 0.4) is 0 Å². The highest BCUT2D eigenvalue weighted by Gasteiger charge is 2.32. The number of nitriles is 1. The minimum atomic E-state index is 0.321. The third-order valence-corrected chi connectivity index (χ3v) is 7.27. The Hall–Kier alpha value is -0.960. The van der Waals surface area contributed by atoms with Crippen LogP contribution in [0.2, 0.25) is 0 Å². The maximum Gasteiger partial charge on any atom is 0.134 e. The van der Waals surface area contributed by atoms with Gasteiger partial charge >= 0.3 is 0 Å². The van der Waals surface area contributed by atoms with Gasteiger partial charge in [0.15, 0.2) is 0 Å². The molecule has 5 heteroatoms. The lowest BCUT2D eigenvalue weighted by Crippen LogP contribution is -2.26. The van der Waals surface area contributed by atoms with Gasteiger partial charge in [0.25, 0.3) is 0 Å². The van der Waals surface area contributed by atoms with Gasteiger partial charge < -0.3 is 0 Å². The Balaban J connectivity index is 1.90. The van der Waals surface area contributed by atoms with Crippen LogP contribution in [0, 0.1) is 22.7 Å². The van der Waals surface area contributed by atoms with Crippen molar-refractivity contribution in [1.29, 1.82) is 5.26 Å². The van der Waals surface area contributed by atoms with Crippen LogP contribution in [0.1, 0.15) is 48.1 Å². The van der Waals surface area contributed by atoms with Gasteiger partial charge in [-0.3, -0.25) is 0 Å². The molecular formula is C18H19BrN2S2. The average Bonchev–Trinajstić information content (AvgIpc) is 3.06. The largest absolute Gasteiger partial charge is 0.243 e. The van der Waals surface area contributed by atoms with Crippen LogP contribution >= 0.6 is 38.6 Å². The second kappa shape index (κ2) is 6.51. The molecular weight excluding hydrogens is 388 g/mol. The fourth-order valence-electron chi connectivity index (χ4n) is 3.04. The molecule has 0 saturated heterocycles. The number of fused-ring (bicyclic) bond motifs is 1. The topological polar surface area (TPSA) is 36.1 Å². The second-order valence-corrected chi connectivity index (χ2v) is 9.97. The first-order chi connectivity index (χ1) is 10.9. The number of hydrogen-bond acceptors (Lipinski definition) is 4. The lowest BCUT2D eigenvalue weighted by molar-refractivity contribution is 0.218. The smallest absolute Gasteiger partial charge is 0.134 e. The summed E-state index contributed by atoms with van der Waals surface area (Å²) >= 11 is 6.81. The molecule has 0 spiro atoms. The highest BCUT2D eigenvalue weighted by molar-refractivity contribution is 9.10. The van der Waals surface area contributed by atoms with Crippen molar-refractivity contribution in [2.24, 2.45) is 16.3 Å². The van der Waals surface area contributed by atoms with Gasteiger partial charge in [0.05, 0.1) is 5.56 Å². The predicted octanol–water partition coefficient (Wildman–Crippen LogP) is 6.35. The van der Waals surface area contributed by atoms with Gasteiger partial charge in [-0.2, -0.15) is 5.26 Å². The van der Waals surface area contributed by atoms with E-state index in [0.717, 1.165) is 32.8 Å². The van der Waals surface area contributed by atoms with Gasteiger partial charge in [0.1, 0.15) is 11.1 Å². The molecule has 2 heterocycles. The van der Waals surface area contributed by atoms with Crippen molar-refractivity contribution in [1.82, 2.24) is 0 Å². The highest BCUT2D eigenvalue weighted by Crippen LogP contribution is 2.44. The normalized spacial score (nSPS) is 18.1. The zero-order valence-electron chi connectivity index (χ0n) is 13.5. The van der Waals surface area contributed by atoms with Crippen LogP contribution in [0.4, 0.5) is 5.00 Å². The van der Waals surface area contributed by atoms with Crippen molar-refractivity contribution < 1.29 is 0 Å². The van der Waals surface area contributed by atoms with E-state index in [0.29, 0.717) is 11.3 Å². The molecule has 0 bridgehead atoms. The van der Waals surface area contributed by atoms with Gasteiger partial charge in [-0.1, -0.05) is 20.8 Å². The summed E-state index contributed by atoms with van der Waals surface area (Å²) in [6, 6.07) is 4.43. The number of nitrogens with zero attached hydrogens (tertiary/aromatic N) is 2. The van der Waals surface area contributed by atoms with Crippen LogP contribution < -0.4 is 0 Å². The van der Waals surface area contributed by atoms with E-state index in [-0.39, 0.29) is 0 Å². The molecule has 1 aliphatic rings. The van der Waals surface area contributed by atoms with Crippen molar-refractivity contribution in [3.63, 3.8) is 0 Å². The quantitative estimate of drug-likeness (QED) is 0.535. The number of halogens is 1. The number of rotatable bonds is 2. The van der Waals surface area contributed by atoms with Crippen molar-refractivity contribution in [2.45, 2.75) is 40.0 Å². The van der Waals surface area contributed by atoms with E-state index in [4.69, 9.17) is 0 Å². The zero-order chi connectivity index (χ0) is 16.6. The Morgan fingerprint density at radius 2 is 2.22 bits per heavy atom. The van der Waals surface area contributed by atoms with Gasteiger partial charge in [0.2, 0.25) is 0 Å². The summed E-state index contributed by atoms with van der Waals surface area (Å²) in [5, 5.41) is 12.5. The Morgan fingerprint density at radius 1 is 1.43 bits per heavy atom. The molecule has 2 aromatic heterocycles. The molecule has 0 aliphatic heterocycles. The van der Waals surface area contributed by atoms with E-state index < -0.39 is 0 Å². The Kier molecular flexibility index (Phi) is 4.78. The van der Waals surface area contributed by atoms with E-state index in [1.165, 1.54) is 16.9 Å². The highest BCUT2D eigenvalue weighted by atomic mass is 79.9. The van der Waals surface area contributed by atoms with Crippen molar-refractivity contribution >= 4 is 49.8 Å². The molecule has 120 valence electrons. The van der Waals surface area contributed by atoms with Crippen LogP contribution in [-0.4, -0.2) is 6.21 Å². The van der Waals surface area contributed by atoms with Crippen LogP contribution in [0.5, 0.6) is 0 Å². The van der Waals surface area contributed by atoms with Crippen LogP contribution in [0.25, 0.3) is 0 Å². The summed E-state index contributed by atoms with van der Waals surface area (Å²) < 4.78 is 1.07. The number of thiophene rings is 2. The Labute approximate surface area is 154 Å². The molecule has 2 aromatic rings. The maximum atomic E-state index is 9.57. The Bertz CT molecular complexity index is 787. The summed E-state index contributed by atoms with van der Waals surface area (Å²) in [5.41, 5.74) is 2.36. The maximum absolute atomic E-state index is 9.57. The van der Waals surface area contributed by atoms with E-state index in [9.17, 15) is 5.26 Å². The summed E-state index contributed by atoms with van der Waals surface area (Å²) in [5.74, 6) is 0.685. The SMILES string of the molecule is CC(C)(C)C1CCc2c(sc(N=Cc3cc(Br)cs3)c2C#N)C1. The number of aliphatic imine (C=N–C) groups is 1. The van der Waals surface area contributed by atoms with Crippen molar-refractivity contribution in [2.75, 3.05) is 0 Å². The molecule has 0 amide bonds. The van der Waals surface area contributed by atoms with E-state index >= 15 is 0 Å². The van der Waals surface area contributed by atoms with Crippen LogP contribution in [0.15, 0.2) is 20.9 Å². The lowest BCUT2D eigenvalue weighted by Gasteiger charge is -2.33. The fraction of sp³-hybridized carbons (Fsp3) is 0.444. The van der Waals surface area contributed by atoms with Gasteiger partial charge in [-0.25, -0.2) is 4.99 Å². The molecule has 0 N–H and O–H groups in total. The third-order valence-electron chi connectivity index (χ3n) is 4.48. The molecule has 1 aliphatic carbocycles. The molecule has 0 radical (unpaired) electrons. The minimum Gasteiger partial charge on any atom is -0.243 e. The minimum absolute atomic E-state index is 0.321. The molecule has 0 aromatic carbocycles. The molecule has 2 nitrogen and oxygen atoms in total. The van der Waals surface area contributed by atoms with Crippen molar-refractivity contribution in [3.05, 3.63) is 36.8 Å². The zero-order valence-corrected chi connectivity index (χ0v) is 16.7. The van der Waals surface area contributed by atoms with E-state index in [1.807, 2.05) is 17.7 Å². The molecule has 1 unspecified atom stereocenters. The first kappa shape index (κ1) is 16.9. The standard InChI is InChI=1S/C18H19BrN2S2/c1-18(2,3)11-4-5-14-15(8-20)17(23-16(14)6-11)21-9-13-7-12(19)10-22-13/h7,9-11H,4-6H2,1-3H3.